The third-order valence-electron chi connectivity index (χ3n) is 2.97. The molecule has 106 valence electrons. The van der Waals surface area contributed by atoms with Crippen molar-refractivity contribution < 1.29 is 0 Å². The first-order chi connectivity index (χ1) is 9.65. The molecule has 0 amide bonds. The minimum absolute atomic E-state index is 0.690. The standard InChI is InChI=1S/C17H22N2S/c1-13(2)11-18-12-15-7-8-16(14(3)10-15)20-17-6-4-5-9-19-17/h4-10,13,18H,11-12H2,1-3H3. The average Bonchev–Trinajstić information content (AvgIpc) is 2.42. The minimum atomic E-state index is 0.690. The quantitative estimate of drug-likeness (QED) is 0.857. The molecular formula is C17H22N2S. The second-order valence-corrected chi connectivity index (χ2v) is 6.46. The fourth-order valence-corrected chi connectivity index (χ4v) is 2.80. The van der Waals surface area contributed by atoms with Crippen LogP contribution in [0.5, 0.6) is 0 Å². The van der Waals surface area contributed by atoms with Crippen LogP contribution in [0.2, 0.25) is 0 Å². The second kappa shape index (κ2) is 7.46. The number of benzene rings is 1. The number of rotatable bonds is 6. The average molecular weight is 286 g/mol. The van der Waals surface area contributed by atoms with Gasteiger partial charge in [0.2, 0.25) is 0 Å². The Labute approximate surface area is 126 Å². The van der Waals surface area contributed by atoms with E-state index in [1.807, 2.05) is 24.4 Å². The van der Waals surface area contributed by atoms with Gasteiger partial charge in [0.25, 0.3) is 0 Å². The van der Waals surface area contributed by atoms with Gasteiger partial charge in [0.15, 0.2) is 0 Å². The van der Waals surface area contributed by atoms with Gasteiger partial charge in [0.1, 0.15) is 5.03 Å². The Kier molecular flexibility index (Phi) is 5.62. The molecule has 1 aromatic carbocycles. The van der Waals surface area contributed by atoms with Gasteiger partial charge >= 0.3 is 0 Å². The Hall–Kier alpha value is -1.32. The van der Waals surface area contributed by atoms with Gasteiger partial charge in [0, 0.05) is 17.6 Å². The number of hydrogen-bond donors (Lipinski definition) is 1. The summed E-state index contributed by atoms with van der Waals surface area (Å²) in [6, 6.07) is 12.7. The molecule has 0 saturated heterocycles. The SMILES string of the molecule is Cc1cc(CNCC(C)C)ccc1Sc1ccccn1. The molecule has 0 aliphatic carbocycles. The fraction of sp³-hybridized carbons (Fsp3) is 0.353. The maximum absolute atomic E-state index is 4.36. The van der Waals surface area contributed by atoms with Crippen LogP contribution in [0.15, 0.2) is 52.5 Å². The van der Waals surface area contributed by atoms with Crippen LogP contribution in [-0.2, 0) is 6.54 Å². The Balaban J connectivity index is 1.99. The molecule has 1 heterocycles. The first-order valence-corrected chi connectivity index (χ1v) is 7.86. The third kappa shape index (κ3) is 4.66. The summed E-state index contributed by atoms with van der Waals surface area (Å²) in [5.41, 5.74) is 2.65. The van der Waals surface area contributed by atoms with Crippen molar-refractivity contribution in [2.45, 2.75) is 37.2 Å². The van der Waals surface area contributed by atoms with Gasteiger partial charge in [-0.3, -0.25) is 0 Å². The number of aryl methyl sites for hydroxylation is 1. The lowest BCUT2D eigenvalue weighted by Crippen LogP contribution is -2.18. The molecule has 1 N–H and O–H groups in total. The van der Waals surface area contributed by atoms with Crippen LogP contribution in [-0.4, -0.2) is 11.5 Å². The van der Waals surface area contributed by atoms with Gasteiger partial charge in [-0.15, -0.1) is 0 Å². The van der Waals surface area contributed by atoms with Gasteiger partial charge in [-0.25, -0.2) is 4.98 Å². The topological polar surface area (TPSA) is 24.9 Å². The van der Waals surface area contributed by atoms with Crippen LogP contribution in [0.4, 0.5) is 0 Å². The molecule has 0 atom stereocenters. The fourth-order valence-electron chi connectivity index (χ4n) is 1.96. The summed E-state index contributed by atoms with van der Waals surface area (Å²) in [5.74, 6) is 0.690. The second-order valence-electron chi connectivity index (χ2n) is 5.39. The van der Waals surface area contributed by atoms with Crippen molar-refractivity contribution in [2.75, 3.05) is 6.54 Å². The van der Waals surface area contributed by atoms with Gasteiger partial charge in [-0.1, -0.05) is 43.8 Å². The molecule has 0 aliphatic heterocycles. The Bertz CT molecular complexity index is 538. The highest BCUT2D eigenvalue weighted by atomic mass is 32.2. The predicted octanol–water partition coefficient (Wildman–Crippen LogP) is 4.29. The zero-order valence-electron chi connectivity index (χ0n) is 12.4. The first kappa shape index (κ1) is 15.1. The molecule has 2 rings (SSSR count). The maximum Gasteiger partial charge on any atom is 0.101 e. The molecule has 2 aromatic rings. The summed E-state index contributed by atoms with van der Waals surface area (Å²) in [6.07, 6.45) is 1.84. The number of nitrogens with one attached hydrogen (secondary N) is 1. The highest BCUT2D eigenvalue weighted by molar-refractivity contribution is 7.99. The van der Waals surface area contributed by atoms with Crippen LogP contribution in [0.25, 0.3) is 0 Å². The highest BCUT2D eigenvalue weighted by Gasteiger charge is 2.03. The van der Waals surface area contributed by atoms with Crippen LogP contribution in [0.1, 0.15) is 25.0 Å². The van der Waals surface area contributed by atoms with E-state index in [9.17, 15) is 0 Å². The monoisotopic (exact) mass is 286 g/mol. The number of hydrogen-bond acceptors (Lipinski definition) is 3. The van der Waals surface area contributed by atoms with Crippen molar-refractivity contribution in [3.8, 4) is 0 Å². The lowest BCUT2D eigenvalue weighted by molar-refractivity contribution is 0.552. The van der Waals surface area contributed by atoms with Crippen molar-refractivity contribution in [3.63, 3.8) is 0 Å². The van der Waals surface area contributed by atoms with Crippen LogP contribution < -0.4 is 5.32 Å². The van der Waals surface area contributed by atoms with E-state index in [4.69, 9.17) is 0 Å². The van der Waals surface area contributed by atoms with Crippen LogP contribution >= 0.6 is 11.8 Å². The molecule has 0 radical (unpaired) electrons. The lowest BCUT2D eigenvalue weighted by Gasteiger charge is -2.10. The Morgan fingerprint density at radius 1 is 1.20 bits per heavy atom. The zero-order chi connectivity index (χ0) is 14.4. The molecule has 0 spiro atoms. The molecule has 0 bridgehead atoms. The van der Waals surface area contributed by atoms with Crippen molar-refractivity contribution in [3.05, 3.63) is 53.7 Å². The minimum Gasteiger partial charge on any atom is -0.312 e. The first-order valence-electron chi connectivity index (χ1n) is 7.04. The van der Waals surface area contributed by atoms with E-state index in [-0.39, 0.29) is 0 Å². The lowest BCUT2D eigenvalue weighted by atomic mass is 10.1. The van der Waals surface area contributed by atoms with E-state index in [0.29, 0.717) is 5.92 Å². The number of nitrogens with zero attached hydrogens (tertiary/aromatic N) is 1. The van der Waals surface area contributed by atoms with E-state index in [2.05, 4.69) is 49.3 Å². The van der Waals surface area contributed by atoms with E-state index >= 15 is 0 Å². The molecule has 0 fully saturated rings. The van der Waals surface area contributed by atoms with E-state index < -0.39 is 0 Å². The van der Waals surface area contributed by atoms with Crippen LogP contribution in [0.3, 0.4) is 0 Å². The van der Waals surface area contributed by atoms with E-state index in [1.165, 1.54) is 16.0 Å². The molecule has 0 aliphatic rings. The molecule has 20 heavy (non-hydrogen) atoms. The van der Waals surface area contributed by atoms with Crippen molar-refractivity contribution in [1.82, 2.24) is 10.3 Å². The number of aromatic nitrogens is 1. The summed E-state index contributed by atoms with van der Waals surface area (Å²) in [5, 5.41) is 4.52. The normalized spacial score (nSPS) is 11.0. The number of pyridine rings is 1. The van der Waals surface area contributed by atoms with Crippen molar-refractivity contribution >= 4 is 11.8 Å². The summed E-state index contributed by atoms with van der Waals surface area (Å²) in [4.78, 5) is 5.63. The van der Waals surface area contributed by atoms with Crippen LogP contribution in [0, 0.1) is 12.8 Å². The van der Waals surface area contributed by atoms with E-state index in [0.717, 1.165) is 18.1 Å². The summed E-state index contributed by atoms with van der Waals surface area (Å²) >= 11 is 1.72. The van der Waals surface area contributed by atoms with Gasteiger partial charge in [0.05, 0.1) is 0 Å². The molecule has 0 saturated carbocycles. The van der Waals surface area contributed by atoms with Gasteiger partial charge in [-0.05, 0) is 48.7 Å². The van der Waals surface area contributed by atoms with Crippen molar-refractivity contribution in [1.29, 1.82) is 0 Å². The van der Waals surface area contributed by atoms with E-state index in [1.54, 1.807) is 11.8 Å². The Morgan fingerprint density at radius 3 is 2.70 bits per heavy atom. The highest BCUT2D eigenvalue weighted by Crippen LogP contribution is 2.29. The molecule has 1 aromatic heterocycles. The third-order valence-corrected chi connectivity index (χ3v) is 4.10. The Morgan fingerprint density at radius 2 is 2.05 bits per heavy atom. The molecule has 3 heteroatoms. The molecule has 0 unspecified atom stereocenters. The predicted molar refractivity (Wildman–Crippen MR) is 86.1 cm³/mol. The summed E-state index contributed by atoms with van der Waals surface area (Å²) in [6.45, 7) is 8.62. The smallest absolute Gasteiger partial charge is 0.101 e. The summed E-state index contributed by atoms with van der Waals surface area (Å²) < 4.78 is 0. The molecule has 2 nitrogen and oxygen atoms in total. The van der Waals surface area contributed by atoms with Gasteiger partial charge in [-0.2, -0.15) is 0 Å². The van der Waals surface area contributed by atoms with Crippen molar-refractivity contribution in [2.24, 2.45) is 5.92 Å². The maximum atomic E-state index is 4.36. The molecular weight excluding hydrogens is 264 g/mol. The summed E-state index contributed by atoms with van der Waals surface area (Å²) in [7, 11) is 0. The zero-order valence-corrected chi connectivity index (χ0v) is 13.2. The largest absolute Gasteiger partial charge is 0.312 e. The van der Waals surface area contributed by atoms with Gasteiger partial charge < -0.3 is 5.32 Å².